The van der Waals surface area contributed by atoms with Gasteiger partial charge in [-0.25, -0.2) is 0 Å². The fourth-order valence-electron chi connectivity index (χ4n) is 3.28. The van der Waals surface area contributed by atoms with Crippen LogP contribution in [0.15, 0.2) is 42.5 Å². The Morgan fingerprint density at radius 1 is 1.04 bits per heavy atom. The van der Waals surface area contributed by atoms with Gasteiger partial charge in [0.15, 0.2) is 0 Å². The highest BCUT2D eigenvalue weighted by Gasteiger charge is 2.15. The van der Waals surface area contributed by atoms with Crippen molar-refractivity contribution in [2.45, 2.75) is 52.0 Å². The second kappa shape index (κ2) is 6.99. The van der Waals surface area contributed by atoms with E-state index in [-0.39, 0.29) is 11.9 Å². The molecule has 0 spiro atoms. The van der Waals surface area contributed by atoms with Gasteiger partial charge in [-0.15, -0.1) is 0 Å². The second-order valence-electron chi connectivity index (χ2n) is 6.48. The molecule has 1 amide bonds. The Morgan fingerprint density at radius 2 is 1.74 bits per heavy atom. The van der Waals surface area contributed by atoms with E-state index in [0.717, 1.165) is 30.4 Å². The Labute approximate surface area is 138 Å². The number of benzene rings is 2. The zero-order valence-corrected chi connectivity index (χ0v) is 14.1. The minimum atomic E-state index is 0.0180. The van der Waals surface area contributed by atoms with Crippen molar-refractivity contribution in [1.29, 1.82) is 0 Å². The molecule has 2 nitrogen and oxygen atoms in total. The first-order chi connectivity index (χ1) is 11.2. The lowest BCUT2D eigenvalue weighted by Crippen LogP contribution is -2.27. The van der Waals surface area contributed by atoms with Gasteiger partial charge >= 0.3 is 0 Å². The highest BCUT2D eigenvalue weighted by atomic mass is 16.1. The molecular formula is C21H25NO. The van der Waals surface area contributed by atoms with Gasteiger partial charge in [-0.05, 0) is 73.4 Å². The number of carbonyl (C=O) groups excluding carboxylic acids is 1. The van der Waals surface area contributed by atoms with Crippen molar-refractivity contribution in [3.8, 4) is 0 Å². The van der Waals surface area contributed by atoms with Gasteiger partial charge in [0.1, 0.15) is 0 Å². The molecule has 120 valence electrons. The fraction of sp³-hybridized carbons (Fsp3) is 0.381. The number of hydrogen-bond donors (Lipinski definition) is 1. The van der Waals surface area contributed by atoms with Crippen LogP contribution in [-0.2, 0) is 19.3 Å². The molecule has 0 bridgehead atoms. The summed E-state index contributed by atoms with van der Waals surface area (Å²) in [5, 5.41) is 3.12. The van der Waals surface area contributed by atoms with Crippen molar-refractivity contribution in [2.24, 2.45) is 0 Å². The maximum Gasteiger partial charge on any atom is 0.251 e. The molecule has 3 rings (SSSR count). The maximum atomic E-state index is 12.5. The monoisotopic (exact) mass is 307 g/mol. The SMILES string of the molecule is CCc1ccc([C@H](C)NC(=O)c2ccc3c(c2)CCCC3)cc1. The van der Waals surface area contributed by atoms with Crippen LogP contribution in [0.2, 0.25) is 0 Å². The Hall–Kier alpha value is -2.09. The standard InChI is InChI=1S/C21H25NO/c1-3-16-8-10-17(11-9-16)15(2)22-21(23)20-13-12-18-6-4-5-7-19(18)14-20/h8-15H,3-7H2,1-2H3,(H,22,23)/t15-/m0/s1. The van der Waals surface area contributed by atoms with Crippen molar-refractivity contribution in [3.63, 3.8) is 0 Å². The molecule has 0 aliphatic heterocycles. The van der Waals surface area contributed by atoms with E-state index in [2.05, 4.69) is 48.6 Å². The number of hydrogen-bond acceptors (Lipinski definition) is 1. The van der Waals surface area contributed by atoms with E-state index in [9.17, 15) is 4.79 Å². The Kier molecular flexibility index (Phi) is 4.80. The molecule has 1 aliphatic carbocycles. The third-order valence-corrected chi connectivity index (χ3v) is 4.85. The zero-order chi connectivity index (χ0) is 16.2. The normalized spacial score (nSPS) is 14.9. The summed E-state index contributed by atoms with van der Waals surface area (Å²) in [6, 6.07) is 14.7. The van der Waals surface area contributed by atoms with Gasteiger partial charge in [0.2, 0.25) is 0 Å². The van der Waals surface area contributed by atoms with Gasteiger partial charge in [-0.1, -0.05) is 37.3 Å². The number of aryl methyl sites for hydroxylation is 3. The van der Waals surface area contributed by atoms with Gasteiger partial charge in [-0.2, -0.15) is 0 Å². The van der Waals surface area contributed by atoms with E-state index in [1.54, 1.807) is 0 Å². The number of fused-ring (bicyclic) bond motifs is 1. The molecule has 1 aliphatic rings. The third kappa shape index (κ3) is 3.64. The lowest BCUT2D eigenvalue weighted by atomic mass is 9.90. The molecule has 0 aromatic heterocycles. The molecule has 0 saturated carbocycles. The summed E-state index contributed by atoms with van der Waals surface area (Å²) >= 11 is 0. The van der Waals surface area contributed by atoms with Gasteiger partial charge in [0.25, 0.3) is 5.91 Å². The topological polar surface area (TPSA) is 29.1 Å². The van der Waals surface area contributed by atoms with Gasteiger partial charge < -0.3 is 5.32 Å². The second-order valence-corrected chi connectivity index (χ2v) is 6.48. The lowest BCUT2D eigenvalue weighted by Gasteiger charge is -2.18. The molecule has 2 heteroatoms. The number of carbonyl (C=O) groups is 1. The van der Waals surface area contributed by atoms with Crippen LogP contribution in [0.25, 0.3) is 0 Å². The molecule has 0 saturated heterocycles. The van der Waals surface area contributed by atoms with Crippen LogP contribution in [0.5, 0.6) is 0 Å². The van der Waals surface area contributed by atoms with Gasteiger partial charge in [0.05, 0.1) is 6.04 Å². The van der Waals surface area contributed by atoms with Crippen LogP contribution in [0.4, 0.5) is 0 Å². The molecule has 1 N–H and O–H groups in total. The van der Waals surface area contributed by atoms with Gasteiger partial charge in [0, 0.05) is 5.56 Å². The maximum absolute atomic E-state index is 12.5. The Bertz CT molecular complexity index is 687. The van der Waals surface area contributed by atoms with E-state index < -0.39 is 0 Å². The van der Waals surface area contributed by atoms with E-state index >= 15 is 0 Å². The van der Waals surface area contributed by atoms with Crippen LogP contribution >= 0.6 is 0 Å². The number of amides is 1. The van der Waals surface area contributed by atoms with Crippen LogP contribution in [-0.4, -0.2) is 5.91 Å². The lowest BCUT2D eigenvalue weighted by molar-refractivity contribution is 0.0939. The van der Waals surface area contributed by atoms with Crippen molar-refractivity contribution in [2.75, 3.05) is 0 Å². The summed E-state index contributed by atoms with van der Waals surface area (Å²) in [4.78, 5) is 12.5. The van der Waals surface area contributed by atoms with Crippen molar-refractivity contribution in [1.82, 2.24) is 5.32 Å². The predicted molar refractivity (Wildman–Crippen MR) is 94.8 cm³/mol. The predicted octanol–water partition coefficient (Wildman–Crippen LogP) is 4.62. The minimum Gasteiger partial charge on any atom is -0.346 e. The van der Waals surface area contributed by atoms with E-state index in [1.807, 2.05) is 13.0 Å². The molecule has 23 heavy (non-hydrogen) atoms. The summed E-state index contributed by atoms with van der Waals surface area (Å²) in [6.45, 7) is 4.19. The summed E-state index contributed by atoms with van der Waals surface area (Å²) in [6.07, 6.45) is 5.79. The largest absolute Gasteiger partial charge is 0.346 e. The number of nitrogens with one attached hydrogen (secondary N) is 1. The average molecular weight is 307 g/mol. The zero-order valence-electron chi connectivity index (χ0n) is 14.1. The summed E-state index contributed by atoms with van der Waals surface area (Å²) in [5.41, 5.74) is 6.01. The first-order valence-electron chi connectivity index (χ1n) is 8.69. The highest BCUT2D eigenvalue weighted by Crippen LogP contribution is 2.22. The van der Waals surface area contributed by atoms with Crippen molar-refractivity contribution in [3.05, 3.63) is 70.3 Å². The summed E-state index contributed by atoms with van der Waals surface area (Å²) < 4.78 is 0. The summed E-state index contributed by atoms with van der Waals surface area (Å²) in [7, 11) is 0. The molecule has 1 atom stereocenters. The molecular weight excluding hydrogens is 282 g/mol. The fourth-order valence-corrected chi connectivity index (χ4v) is 3.28. The Balaban J connectivity index is 1.70. The molecule has 0 fully saturated rings. The molecule has 0 heterocycles. The van der Waals surface area contributed by atoms with Crippen LogP contribution in [0, 0.1) is 0 Å². The first kappa shape index (κ1) is 15.8. The quantitative estimate of drug-likeness (QED) is 0.877. The molecule has 0 unspecified atom stereocenters. The van der Waals surface area contributed by atoms with E-state index in [1.165, 1.54) is 29.5 Å². The average Bonchev–Trinajstić information content (AvgIpc) is 2.61. The van der Waals surface area contributed by atoms with E-state index in [4.69, 9.17) is 0 Å². The highest BCUT2D eigenvalue weighted by molar-refractivity contribution is 5.94. The minimum absolute atomic E-state index is 0.0180. The molecule has 2 aromatic rings. The third-order valence-electron chi connectivity index (χ3n) is 4.85. The molecule has 2 aromatic carbocycles. The smallest absolute Gasteiger partial charge is 0.251 e. The van der Waals surface area contributed by atoms with Crippen molar-refractivity contribution >= 4 is 5.91 Å². The van der Waals surface area contributed by atoms with Gasteiger partial charge in [-0.3, -0.25) is 4.79 Å². The van der Waals surface area contributed by atoms with Crippen LogP contribution < -0.4 is 5.32 Å². The van der Waals surface area contributed by atoms with Crippen LogP contribution in [0.1, 0.15) is 65.3 Å². The van der Waals surface area contributed by atoms with E-state index in [0.29, 0.717) is 0 Å². The molecule has 0 radical (unpaired) electrons. The number of rotatable bonds is 4. The summed E-state index contributed by atoms with van der Waals surface area (Å²) in [5.74, 6) is 0.0189. The van der Waals surface area contributed by atoms with Crippen LogP contribution in [0.3, 0.4) is 0 Å². The first-order valence-corrected chi connectivity index (χ1v) is 8.69. The Morgan fingerprint density at radius 3 is 2.43 bits per heavy atom. The van der Waals surface area contributed by atoms with Crippen molar-refractivity contribution < 1.29 is 4.79 Å².